The maximum atomic E-state index is 13.7. The molecule has 1 saturated heterocycles. The number of non-ortho nitro benzene ring substituents is 1. The minimum Gasteiger partial charge on any atom is -0.452 e. The number of nitrogens with one attached hydrogen (secondary N) is 1. The number of nitrogens with zero attached hydrogens (tertiary/aromatic N) is 2. The van der Waals surface area contributed by atoms with Crippen molar-refractivity contribution in [2.24, 2.45) is 0 Å². The van der Waals surface area contributed by atoms with Gasteiger partial charge < -0.3 is 15.0 Å². The van der Waals surface area contributed by atoms with Crippen molar-refractivity contribution in [3.63, 3.8) is 0 Å². The minimum atomic E-state index is -0.859. The number of carbonyl (C=O) groups excluding carboxylic acids is 3. The number of nitro benzene ring substituents is 1. The van der Waals surface area contributed by atoms with Gasteiger partial charge in [-0.15, -0.1) is 0 Å². The van der Waals surface area contributed by atoms with E-state index in [0.29, 0.717) is 18.7 Å². The number of hydrogen-bond donors (Lipinski definition) is 1. The molecule has 0 atom stereocenters. The van der Waals surface area contributed by atoms with Gasteiger partial charge in [0.25, 0.3) is 11.6 Å². The van der Waals surface area contributed by atoms with E-state index in [2.05, 4.69) is 5.32 Å². The van der Waals surface area contributed by atoms with E-state index >= 15 is 0 Å². The Morgan fingerprint density at radius 3 is 2.55 bits per heavy atom. The summed E-state index contributed by atoms with van der Waals surface area (Å²) < 4.78 is 18.6. The molecule has 0 spiro atoms. The first kappa shape index (κ1) is 19.9. The van der Waals surface area contributed by atoms with Crippen molar-refractivity contribution in [2.45, 2.75) is 12.8 Å². The quantitative estimate of drug-likeness (QED) is 0.452. The van der Waals surface area contributed by atoms with Crippen LogP contribution in [0.15, 0.2) is 42.5 Å². The highest BCUT2D eigenvalue weighted by molar-refractivity contribution is 5.97. The first-order chi connectivity index (χ1) is 13.8. The van der Waals surface area contributed by atoms with E-state index in [-0.39, 0.29) is 17.2 Å². The Morgan fingerprint density at radius 1 is 1.21 bits per heavy atom. The van der Waals surface area contributed by atoms with Crippen LogP contribution in [0.3, 0.4) is 0 Å². The van der Waals surface area contributed by atoms with Gasteiger partial charge in [-0.25, -0.2) is 9.18 Å². The summed E-state index contributed by atoms with van der Waals surface area (Å²) in [4.78, 5) is 47.3. The number of benzene rings is 2. The van der Waals surface area contributed by atoms with Crippen LogP contribution in [0, 0.1) is 15.9 Å². The number of rotatable bonds is 6. The normalized spacial score (nSPS) is 13.3. The zero-order valence-electron chi connectivity index (χ0n) is 15.1. The molecule has 29 heavy (non-hydrogen) atoms. The second-order valence-electron chi connectivity index (χ2n) is 6.24. The molecule has 150 valence electrons. The van der Waals surface area contributed by atoms with Gasteiger partial charge in [-0.2, -0.15) is 0 Å². The van der Waals surface area contributed by atoms with E-state index in [1.807, 2.05) is 0 Å². The van der Waals surface area contributed by atoms with E-state index in [1.165, 1.54) is 12.1 Å². The maximum Gasteiger partial charge on any atom is 0.338 e. The molecule has 2 aromatic rings. The molecule has 0 bridgehead atoms. The molecule has 0 saturated carbocycles. The van der Waals surface area contributed by atoms with Crippen LogP contribution in [-0.2, 0) is 14.3 Å². The lowest BCUT2D eigenvalue weighted by Gasteiger charge is -2.15. The van der Waals surface area contributed by atoms with Crippen molar-refractivity contribution < 1.29 is 28.4 Å². The van der Waals surface area contributed by atoms with Crippen molar-refractivity contribution in [3.05, 3.63) is 64.0 Å². The van der Waals surface area contributed by atoms with Gasteiger partial charge in [0.2, 0.25) is 5.91 Å². The highest BCUT2D eigenvalue weighted by atomic mass is 19.1. The van der Waals surface area contributed by atoms with E-state index in [0.717, 1.165) is 24.6 Å². The highest BCUT2D eigenvalue weighted by Crippen LogP contribution is 2.22. The molecule has 0 unspecified atom stereocenters. The minimum absolute atomic E-state index is 0.0189. The average molecular weight is 401 g/mol. The zero-order valence-corrected chi connectivity index (χ0v) is 15.1. The fourth-order valence-corrected chi connectivity index (χ4v) is 2.82. The molecule has 1 aliphatic heterocycles. The fraction of sp³-hybridized carbons (Fsp3) is 0.211. The van der Waals surface area contributed by atoms with E-state index < -0.39 is 34.9 Å². The predicted molar refractivity (Wildman–Crippen MR) is 100.0 cm³/mol. The molecule has 1 fully saturated rings. The molecule has 2 aromatic carbocycles. The van der Waals surface area contributed by atoms with Crippen molar-refractivity contribution in [1.29, 1.82) is 0 Å². The van der Waals surface area contributed by atoms with Gasteiger partial charge in [0.15, 0.2) is 6.61 Å². The summed E-state index contributed by atoms with van der Waals surface area (Å²) in [6.45, 7) is -0.0790. The molecular formula is C19H16FN3O6. The van der Waals surface area contributed by atoms with Crippen LogP contribution in [0.5, 0.6) is 0 Å². The van der Waals surface area contributed by atoms with Gasteiger partial charge in [-0.1, -0.05) is 0 Å². The Balaban J connectivity index is 1.56. The number of ether oxygens (including phenoxy) is 1. The molecule has 3 rings (SSSR count). The fourth-order valence-electron chi connectivity index (χ4n) is 2.82. The van der Waals surface area contributed by atoms with Crippen molar-refractivity contribution >= 4 is 34.8 Å². The molecule has 10 heteroatoms. The summed E-state index contributed by atoms with van der Waals surface area (Å²) in [5.74, 6) is -2.47. The van der Waals surface area contributed by atoms with E-state index in [4.69, 9.17) is 4.74 Å². The predicted octanol–water partition coefficient (Wildman–Crippen LogP) is 2.66. The molecule has 1 aliphatic rings. The van der Waals surface area contributed by atoms with Crippen LogP contribution < -0.4 is 10.2 Å². The Labute approximate surface area is 164 Å². The molecule has 1 N–H and O–H groups in total. The second kappa shape index (κ2) is 8.46. The standard InChI is InChI=1S/C19H16FN3O6/c20-15-8-7-14(23(27)28)10-16(15)21-17(24)11-29-19(26)12-3-5-13(6-4-12)22-9-1-2-18(22)25/h3-8,10H,1-2,9,11H2,(H,21,24). The lowest BCUT2D eigenvalue weighted by molar-refractivity contribution is -0.384. The third kappa shape index (κ3) is 4.72. The Morgan fingerprint density at radius 2 is 1.93 bits per heavy atom. The second-order valence-corrected chi connectivity index (χ2v) is 6.24. The largest absolute Gasteiger partial charge is 0.452 e. The third-order valence-electron chi connectivity index (χ3n) is 4.26. The van der Waals surface area contributed by atoms with E-state index in [1.54, 1.807) is 17.0 Å². The van der Waals surface area contributed by atoms with Crippen LogP contribution in [0.4, 0.5) is 21.5 Å². The lowest BCUT2D eigenvalue weighted by atomic mass is 10.2. The summed E-state index contributed by atoms with van der Waals surface area (Å²) in [7, 11) is 0. The summed E-state index contributed by atoms with van der Waals surface area (Å²) in [6, 6.07) is 8.85. The number of esters is 1. The number of carbonyl (C=O) groups is 3. The van der Waals surface area contributed by atoms with Crippen molar-refractivity contribution in [3.8, 4) is 0 Å². The van der Waals surface area contributed by atoms with Gasteiger partial charge in [0, 0.05) is 30.8 Å². The van der Waals surface area contributed by atoms with Crippen LogP contribution in [0.1, 0.15) is 23.2 Å². The zero-order chi connectivity index (χ0) is 21.0. The first-order valence-corrected chi connectivity index (χ1v) is 8.66. The maximum absolute atomic E-state index is 13.7. The molecule has 0 aromatic heterocycles. The van der Waals surface area contributed by atoms with Gasteiger partial charge in [-0.3, -0.25) is 19.7 Å². The topological polar surface area (TPSA) is 119 Å². The Hall–Kier alpha value is -3.82. The van der Waals surface area contributed by atoms with Crippen molar-refractivity contribution in [2.75, 3.05) is 23.4 Å². The first-order valence-electron chi connectivity index (χ1n) is 8.66. The summed E-state index contributed by atoms with van der Waals surface area (Å²) in [5.41, 5.74) is 0.0628. The van der Waals surface area contributed by atoms with Crippen LogP contribution in [-0.4, -0.2) is 35.9 Å². The molecule has 1 heterocycles. The summed E-state index contributed by atoms with van der Waals surface area (Å²) in [5, 5.41) is 12.9. The lowest BCUT2D eigenvalue weighted by Crippen LogP contribution is -2.24. The van der Waals surface area contributed by atoms with Gasteiger partial charge in [-0.05, 0) is 36.8 Å². The number of amides is 2. The number of anilines is 2. The van der Waals surface area contributed by atoms with E-state index in [9.17, 15) is 28.9 Å². The van der Waals surface area contributed by atoms with Crippen molar-refractivity contribution in [1.82, 2.24) is 0 Å². The Kier molecular flexibility index (Phi) is 5.82. The summed E-state index contributed by atoms with van der Waals surface area (Å²) >= 11 is 0. The van der Waals surface area contributed by atoms with Crippen LogP contribution in [0.2, 0.25) is 0 Å². The average Bonchev–Trinajstić information content (AvgIpc) is 3.13. The molecule has 0 radical (unpaired) electrons. The smallest absolute Gasteiger partial charge is 0.338 e. The monoisotopic (exact) mass is 401 g/mol. The highest BCUT2D eigenvalue weighted by Gasteiger charge is 2.22. The molecule has 9 nitrogen and oxygen atoms in total. The number of halogens is 1. The number of hydrogen-bond acceptors (Lipinski definition) is 6. The summed E-state index contributed by atoms with van der Waals surface area (Å²) in [6.07, 6.45) is 1.27. The van der Waals surface area contributed by atoms with Gasteiger partial charge >= 0.3 is 5.97 Å². The molecular weight excluding hydrogens is 385 g/mol. The molecule has 0 aliphatic carbocycles. The number of nitro groups is 1. The van der Waals surface area contributed by atoms with Crippen LogP contribution >= 0.6 is 0 Å². The van der Waals surface area contributed by atoms with Gasteiger partial charge in [0.05, 0.1) is 16.2 Å². The van der Waals surface area contributed by atoms with Gasteiger partial charge in [0.1, 0.15) is 5.82 Å². The third-order valence-corrected chi connectivity index (χ3v) is 4.26. The molecule has 2 amide bonds. The van der Waals surface area contributed by atoms with Crippen LogP contribution in [0.25, 0.3) is 0 Å². The SMILES string of the molecule is O=C(COC(=O)c1ccc(N2CCCC2=O)cc1)Nc1cc([N+](=O)[O-])ccc1F. The Bertz CT molecular complexity index is 976.